The average Bonchev–Trinajstić information content (AvgIpc) is 3.15. The normalized spacial score (nSPS) is 10.7. The molecule has 0 saturated heterocycles. The van der Waals surface area contributed by atoms with E-state index >= 15 is 0 Å². The van der Waals surface area contributed by atoms with Crippen molar-refractivity contribution in [2.24, 2.45) is 0 Å². The van der Waals surface area contributed by atoms with Crippen LogP contribution in [0, 0.1) is 0 Å². The molecule has 102 valence electrons. The van der Waals surface area contributed by atoms with E-state index in [0.717, 1.165) is 33.0 Å². The van der Waals surface area contributed by atoms with Gasteiger partial charge in [0.25, 0.3) is 0 Å². The van der Waals surface area contributed by atoms with Gasteiger partial charge in [0, 0.05) is 11.6 Å². The van der Waals surface area contributed by atoms with Crippen LogP contribution in [0.3, 0.4) is 0 Å². The molecule has 0 aliphatic heterocycles. The van der Waals surface area contributed by atoms with Gasteiger partial charge in [0.15, 0.2) is 5.01 Å². The summed E-state index contributed by atoms with van der Waals surface area (Å²) in [5.74, 6) is 0. The zero-order valence-electron chi connectivity index (χ0n) is 10.9. The highest BCUT2D eigenvalue weighted by molar-refractivity contribution is 7.18. The van der Waals surface area contributed by atoms with Crippen molar-refractivity contribution < 1.29 is 0 Å². The Morgan fingerprint density at radius 2 is 2.20 bits per heavy atom. The van der Waals surface area contributed by atoms with Gasteiger partial charge in [0.2, 0.25) is 5.13 Å². The molecule has 3 rings (SSSR count). The van der Waals surface area contributed by atoms with Crippen molar-refractivity contribution in [2.45, 2.75) is 19.9 Å². The van der Waals surface area contributed by atoms with Gasteiger partial charge in [-0.3, -0.25) is 4.98 Å². The Morgan fingerprint density at radius 1 is 1.25 bits per heavy atom. The summed E-state index contributed by atoms with van der Waals surface area (Å²) < 4.78 is 0. The number of aromatic nitrogens is 4. The first kappa shape index (κ1) is 13.1. The second kappa shape index (κ2) is 6.06. The monoisotopic (exact) mass is 303 g/mol. The highest BCUT2D eigenvalue weighted by Gasteiger charge is 2.07. The van der Waals surface area contributed by atoms with Gasteiger partial charge < -0.3 is 5.32 Å². The average molecular weight is 303 g/mol. The molecular formula is C13H13N5S2. The Kier molecular flexibility index (Phi) is 3.98. The maximum Gasteiger partial charge on any atom is 0.206 e. The van der Waals surface area contributed by atoms with Crippen LogP contribution in [-0.4, -0.2) is 20.2 Å². The van der Waals surface area contributed by atoms with Crippen LogP contribution < -0.4 is 5.32 Å². The lowest BCUT2D eigenvalue weighted by atomic mass is 10.4. The Morgan fingerprint density at radius 3 is 2.95 bits per heavy atom. The molecule has 7 heteroatoms. The maximum atomic E-state index is 4.51. The predicted molar refractivity (Wildman–Crippen MR) is 82.0 cm³/mol. The number of anilines is 1. The first-order chi connectivity index (χ1) is 9.85. The van der Waals surface area contributed by atoms with E-state index in [2.05, 4.69) is 37.8 Å². The third-order valence-electron chi connectivity index (χ3n) is 2.63. The lowest BCUT2D eigenvalue weighted by Gasteiger charge is -1.97. The number of hydrogen-bond donors (Lipinski definition) is 1. The Balaban J connectivity index is 1.65. The van der Waals surface area contributed by atoms with Gasteiger partial charge in [-0.25, -0.2) is 4.98 Å². The largest absolute Gasteiger partial charge is 0.354 e. The molecule has 0 spiro atoms. The van der Waals surface area contributed by atoms with Crippen LogP contribution in [0.1, 0.15) is 17.6 Å². The lowest BCUT2D eigenvalue weighted by molar-refractivity contribution is 0.993. The van der Waals surface area contributed by atoms with E-state index in [0.29, 0.717) is 6.54 Å². The quantitative estimate of drug-likeness (QED) is 0.784. The molecule has 3 heterocycles. The predicted octanol–water partition coefficient (Wildman–Crippen LogP) is 3.23. The molecule has 0 atom stereocenters. The third-order valence-corrected chi connectivity index (χ3v) is 4.58. The lowest BCUT2D eigenvalue weighted by Crippen LogP contribution is -1.99. The van der Waals surface area contributed by atoms with E-state index in [1.807, 2.05) is 18.2 Å². The fraction of sp³-hybridized carbons (Fsp3) is 0.231. The van der Waals surface area contributed by atoms with Gasteiger partial charge >= 0.3 is 0 Å². The van der Waals surface area contributed by atoms with Crippen molar-refractivity contribution in [2.75, 3.05) is 5.32 Å². The molecule has 0 unspecified atom stereocenters. The van der Waals surface area contributed by atoms with E-state index < -0.39 is 0 Å². The van der Waals surface area contributed by atoms with Crippen LogP contribution in [0.15, 0.2) is 29.8 Å². The van der Waals surface area contributed by atoms with Crippen molar-refractivity contribution in [3.8, 4) is 10.7 Å². The maximum absolute atomic E-state index is 4.51. The summed E-state index contributed by atoms with van der Waals surface area (Å²) in [7, 11) is 0. The van der Waals surface area contributed by atoms with E-state index in [1.165, 1.54) is 11.3 Å². The Labute approximate surface area is 124 Å². The van der Waals surface area contributed by atoms with E-state index in [4.69, 9.17) is 0 Å². The smallest absolute Gasteiger partial charge is 0.206 e. The molecule has 0 radical (unpaired) electrons. The standard InChI is InChI=1S/C13H13N5S2/c1-2-11-16-9(8-19-11)7-15-13-18-17-12(20-13)10-5-3-4-6-14-10/h3-6,8H,2,7H2,1H3,(H,15,18). The van der Waals surface area contributed by atoms with Gasteiger partial charge in [-0.2, -0.15) is 0 Å². The Bertz CT molecular complexity index is 677. The summed E-state index contributed by atoms with van der Waals surface area (Å²) in [6, 6.07) is 5.76. The van der Waals surface area contributed by atoms with Crippen LogP contribution >= 0.6 is 22.7 Å². The fourth-order valence-electron chi connectivity index (χ4n) is 1.65. The molecular weight excluding hydrogens is 290 g/mol. The third kappa shape index (κ3) is 3.00. The zero-order valence-corrected chi connectivity index (χ0v) is 12.5. The van der Waals surface area contributed by atoms with Gasteiger partial charge in [-0.05, 0) is 18.6 Å². The van der Waals surface area contributed by atoms with Crippen LogP contribution in [0.5, 0.6) is 0 Å². The first-order valence-corrected chi connectivity index (χ1v) is 7.97. The van der Waals surface area contributed by atoms with E-state index in [1.54, 1.807) is 17.5 Å². The van der Waals surface area contributed by atoms with Crippen LogP contribution in [0.25, 0.3) is 10.7 Å². The van der Waals surface area contributed by atoms with Crippen molar-refractivity contribution in [1.82, 2.24) is 20.2 Å². The number of hydrogen-bond acceptors (Lipinski definition) is 7. The molecule has 0 aliphatic rings. The highest BCUT2D eigenvalue weighted by atomic mass is 32.1. The zero-order chi connectivity index (χ0) is 13.8. The minimum Gasteiger partial charge on any atom is -0.354 e. The second-order valence-electron chi connectivity index (χ2n) is 4.07. The molecule has 0 aliphatic carbocycles. The summed E-state index contributed by atoms with van der Waals surface area (Å²) in [6.45, 7) is 2.78. The molecule has 0 saturated carbocycles. The summed E-state index contributed by atoms with van der Waals surface area (Å²) in [4.78, 5) is 8.77. The van der Waals surface area contributed by atoms with Gasteiger partial charge in [-0.1, -0.05) is 24.3 Å². The van der Waals surface area contributed by atoms with E-state index in [-0.39, 0.29) is 0 Å². The second-order valence-corrected chi connectivity index (χ2v) is 5.99. The molecule has 5 nitrogen and oxygen atoms in total. The Hall–Kier alpha value is -1.86. The molecule has 3 aromatic rings. The SMILES string of the molecule is CCc1nc(CNc2nnc(-c3ccccn3)s2)cs1. The number of aryl methyl sites for hydroxylation is 1. The molecule has 0 amide bonds. The fourth-order valence-corrected chi connectivity index (χ4v) is 3.11. The summed E-state index contributed by atoms with van der Waals surface area (Å²) in [5, 5.41) is 16.4. The van der Waals surface area contributed by atoms with Gasteiger partial charge in [0.05, 0.1) is 17.2 Å². The summed E-state index contributed by atoms with van der Waals surface area (Å²) >= 11 is 3.19. The van der Waals surface area contributed by atoms with Gasteiger partial charge in [-0.15, -0.1) is 21.5 Å². The number of pyridine rings is 1. The number of rotatable bonds is 5. The van der Waals surface area contributed by atoms with Crippen molar-refractivity contribution in [3.05, 3.63) is 40.5 Å². The van der Waals surface area contributed by atoms with E-state index in [9.17, 15) is 0 Å². The summed E-state index contributed by atoms with van der Waals surface area (Å²) in [5.41, 5.74) is 1.89. The molecule has 0 fully saturated rings. The molecule has 20 heavy (non-hydrogen) atoms. The molecule has 0 aromatic carbocycles. The van der Waals surface area contributed by atoms with Crippen molar-refractivity contribution >= 4 is 27.8 Å². The number of thiazole rings is 1. The highest BCUT2D eigenvalue weighted by Crippen LogP contribution is 2.24. The summed E-state index contributed by atoms with van der Waals surface area (Å²) in [6.07, 6.45) is 2.73. The molecule has 0 bridgehead atoms. The number of nitrogens with zero attached hydrogens (tertiary/aromatic N) is 4. The van der Waals surface area contributed by atoms with Crippen LogP contribution in [0.2, 0.25) is 0 Å². The molecule has 1 N–H and O–H groups in total. The molecule has 3 aromatic heterocycles. The topological polar surface area (TPSA) is 63.6 Å². The minimum atomic E-state index is 0.674. The van der Waals surface area contributed by atoms with Crippen LogP contribution in [0.4, 0.5) is 5.13 Å². The van der Waals surface area contributed by atoms with Crippen molar-refractivity contribution in [3.63, 3.8) is 0 Å². The first-order valence-electron chi connectivity index (χ1n) is 6.27. The van der Waals surface area contributed by atoms with Crippen LogP contribution in [-0.2, 0) is 13.0 Å². The number of nitrogens with one attached hydrogen (secondary N) is 1. The minimum absolute atomic E-state index is 0.674. The van der Waals surface area contributed by atoms with Crippen molar-refractivity contribution in [1.29, 1.82) is 0 Å². The van der Waals surface area contributed by atoms with Gasteiger partial charge in [0.1, 0.15) is 5.69 Å².